The van der Waals surface area contributed by atoms with Gasteiger partial charge in [0.05, 0.1) is 15.7 Å². The zero-order valence-electron chi connectivity index (χ0n) is 13.2. The molecule has 0 radical (unpaired) electrons. The Hall–Kier alpha value is -2.57. The quantitative estimate of drug-likeness (QED) is 0.566. The molecule has 0 fully saturated rings. The van der Waals surface area contributed by atoms with Crippen molar-refractivity contribution in [2.24, 2.45) is 0 Å². The molecule has 2 heterocycles. The summed E-state index contributed by atoms with van der Waals surface area (Å²) in [6.45, 7) is 1.36. The van der Waals surface area contributed by atoms with Gasteiger partial charge >= 0.3 is 0 Å². The summed E-state index contributed by atoms with van der Waals surface area (Å²) in [6.07, 6.45) is 3.48. The average molecular weight is 375 g/mol. The predicted molar refractivity (Wildman–Crippen MR) is 103 cm³/mol. The summed E-state index contributed by atoms with van der Waals surface area (Å²) in [5.41, 5.74) is 8.15. The number of nitrogens with two attached hydrogens (primary N) is 1. The standard InChI is InChI=1S/C17H16Cl2N6/c18-13-3-1-2-12(16(13)19)14-10-15(25-17(20)24-14)23-9-8-22-11-4-6-21-7-5-11/h1-7,10H,8-9H2,(H,21,22)(H3,20,23,24,25). The maximum Gasteiger partial charge on any atom is 0.222 e. The molecule has 0 bridgehead atoms. The van der Waals surface area contributed by atoms with Crippen LogP contribution in [0.25, 0.3) is 11.3 Å². The molecule has 1 aromatic carbocycles. The highest BCUT2D eigenvalue weighted by Crippen LogP contribution is 2.33. The topological polar surface area (TPSA) is 88.8 Å². The number of anilines is 3. The largest absolute Gasteiger partial charge is 0.383 e. The number of halogens is 2. The maximum absolute atomic E-state index is 6.26. The number of hydrogen-bond donors (Lipinski definition) is 3. The minimum atomic E-state index is 0.165. The van der Waals surface area contributed by atoms with Crippen molar-refractivity contribution in [1.29, 1.82) is 0 Å². The summed E-state index contributed by atoms with van der Waals surface area (Å²) < 4.78 is 0. The minimum absolute atomic E-state index is 0.165. The van der Waals surface area contributed by atoms with Crippen LogP contribution in [0.15, 0.2) is 48.8 Å². The van der Waals surface area contributed by atoms with Gasteiger partial charge in [0.15, 0.2) is 0 Å². The lowest BCUT2D eigenvalue weighted by Gasteiger charge is -2.11. The summed E-state index contributed by atoms with van der Waals surface area (Å²) in [5.74, 6) is 0.785. The Morgan fingerprint density at radius 2 is 1.72 bits per heavy atom. The molecule has 2 aromatic heterocycles. The highest BCUT2D eigenvalue weighted by atomic mass is 35.5. The molecule has 6 nitrogen and oxygen atoms in total. The molecule has 0 aliphatic carbocycles. The van der Waals surface area contributed by atoms with Gasteiger partial charge in [0.1, 0.15) is 5.82 Å². The van der Waals surface area contributed by atoms with Gasteiger partial charge in [-0.15, -0.1) is 0 Å². The summed E-state index contributed by atoms with van der Waals surface area (Å²) in [5, 5.41) is 7.39. The van der Waals surface area contributed by atoms with Crippen molar-refractivity contribution in [2.45, 2.75) is 0 Å². The maximum atomic E-state index is 6.26. The first kappa shape index (κ1) is 17.3. The fourth-order valence-electron chi connectivity index (χ4n) is 2.26. The van der Waals surface area contributed by atoms with Gasteiger partial charge in [0.2, 0.25) is 5.95 Å². The van der Waals surface area contributed by atoms with Gasteiger partial charge in [-0.2, -0.15) is 4.98 Å². The Labute approximate surface area is 155 Å². The van der Waals surface area contributed by atoms with Crippen LogP contribution in [0.5, 0.6) is 0 Å². The van der Waals surface area contributed by atoms with Crippen molar-refractivity contribution in [2.75, 3.05) is 29.5 Å². The smallest absolute Gasteiger partial charge is 0.222 e. The first-order chi connectivity index (χ1) is 12.1. The number of hydrogen-bond acceptors (Lipinski definition) is 6. The third-order valence-corrected chi connectivity index (χ3v) is 4.23. The Morgan fingerprint density at radius 1 is 0.960 bits per heavy atom. The second kappa shape index (κ2) is 8.00. The van der Waals surface area contributed by atoms with Crippen LogP contribution >= 0.6 is 23.2 Å². The van der Waals surface area contributed by atoms with E-state index in [9.17, 15) is 0 Å². The number of nitrogens with one attached hydrogen (secondary N) is 2. The van der Waals surface area contributed by atoms with Crippen LogP contribution in [0, 0.1) is 0 Å². The van der Waals surface area contributed by atoms with E-state index >= 15 is 0 Å². The van der Waals surface area contributed by atoms with Gasteiger partial charge in [-0.25, -0.2) is 4.98 Å². The lowest BCUT2D eigenvalue weighted by molar-refractivity contribution is 1.05. The minimum Gasteiger partial charge on any atom is -0.383 e. The fourth-order valence-corrected chi connectivity index (χ4v) is 2.66. The second-order valence-corrected chi connectivity index (χ2v) is 5.97. The van der Waals surface area contributed by atoms with Gasteiger partial charge in [0, 0.05) is 42.8 Å². The zero-order chi connectivity index (χ0) is 17.6. The monoisotopic (exact) mass is 374 g/mol. The fraction of sp³-hybridized carbons (Fsp3) is 0.118. The first-order valence-corrected chi connectivity index (χ1v) is 8.36. The summed E-state index contributed by atoms with van der Waals surface area (Å²) in [6, 6.07) is 11.0. The summed E-state index contributed by atoms with van der Waals surface area (Å²) in [7, 11) is 0. The summed E-state index contributed by atoms with van der Waals surface area (Å²) >= 11 is 12.3. The molecule has 3 aromatic rings. The van der Waals surface area contributed by atoms with Gasteiger partial charge in [-0.05, 0) is 18.2 Å². The number of benzene rings is 1. The Bertz CT molecular complexity index is 857. The van der Waals surface area contributed by atoms with E-state index in [4.69, 9.17) is 28.9 Å². The van der Waals surface area contributed by atoms with Crippen LogP contribution in [0.1, 0.15) is 0 Å². The summed E-state index contributed by atoms with van der Waals surface area (Å²) in [4.78, 5) is 12.4. The van der Waals surface area contributed by atoms with E-state index in [0.717, 1.165) is 5.69 Å². The number of pyridine rings is 1. The van der Waals surface area contributed by atoms with E-state index < -0.39 is 0 Å². The van der Waals surface area contributed by atoms with Crippen molar-refractivity contribution >= 4 is 40.7 Å². The molecule has 25 heavy (non-hydrogen) atoms. The van der Waals surface area contributed by atoms with E-state index in [2.05, 4.69) is 25.6 Å². The van der Waals surface area contributed by atoms with Crippen molar-refractivity contribution in [3.05, 3.63) is 58.8 Å². The zero-order valence-corrected chi connectivity index (χ0v) is 14.7. The van der Waals surface area contributed by atoms with E-state index in [0.29, 0.717) is 40.2 Å². The molecule has 0 amide bonds. The van der Waals surface area contributed by atoms with E-state index in [1.165, 1.54) is 0 Å². The molecular formula is C17H16Cl2N6. The third-order valence-electron chi connectivity index (χ3n) is 3.41. The van der Waals surface area contributed by atoms with E-state index in [1.807, 2.05) is 24.3 Å². The predicted octanol–water partition coefficient (Wildman–Crippen LogP) is 3.95. The first-order valence-electron chi connectivity index (χ1n) is 7.60. The molecule has 0 unspecified atom stereocenters. The Kier molecular flexibility index (Phi) is 5.53. The molecule has 4 N–H and O–H groups in total. The normalized spacial score (nSPS) is 10.5. The molecule has 0 saturated carbocycles. The lowest BCUT2D eigenvalue weighted by Crippen LogP contribution is -2.15. The molecule has 0 aliphatic rings. The average Bonchev–Trinajstić information content (AvgIpc) is 2.61. The molecule has 0 aliphatic heterocycles. The molecule has 0 saturated heterocycles. The van der Waals surface area contributed by atoms with Crippen LogP contribution < -0.4 is 16.4 Å². The number of aromatic nitrogens is 3. The molecule has 0 atom stereocenters. The van der Waals surface area contributed by atoms with Crippen molar-refractivity contribution < 1.29 is 0 Å². The molecule has 8 heteroatoms. The van der Waals surface area contributed by atoms with E-state index in [-0.39, 0.29) is 5.95 Å². The van der Waals surface area contributed by atoms with Crippen LogP contribution in [0.2, 0.25) is 10.0 Å². The molecule has 128 valence electrons. The number of nitrogens with zero attached hydrogens (tertiary/aromatic N) is 3. The number of rotatable bonds is 6. The SMILES string of the molecule is Nc1nc(NCCNc2ccncc2)cc(-c2cccc(Cl)c2Cl)n1. The van der Waals surface area contributed by atoms with Crippen molar-refractivity contribution in [3.63, 3.8) is 0 Å². The van der Waals surface area contributed by atoms with E-state index in [1.54, 1.807) is 24.5 Å². The van der Waals surface area contributed by atoms with Crippen LogP contribution in [-0.2, 0) is 0 Å². The lowest BCUT2D eigenvalue weighted by atomic mass is 10.1. The molecule has 0 spiro atoms. The highest BCUT2D eigenvalue weighted by Gasteiger charge is 2.10. The van der Waals surface area contributed by atoms with Gasteiger partial charge in [0.25, 0.3) is 0 Å². The molecular weight excluding hydrogens is 359 g/mol. The Morgan fingerprint density at radius 3 is 2.52 bits per heavy atom. The third kappa shape index (κ3) is 4.49. The highest BCUT2D eigenvalue weighted by molar-refractivity contribution is 6.43. The Balaban J connectivity index is 1.68. The molecule has 3 rings (SSSR count). The van der Waals surface area contributed by atoms with Crippen LogP contribution in [0.4, 0.5) is 17.5 Å². The van der Waals surface area contributed by atoms with Crippen molar-refractivity contribution in [1.82, 2.24) is 15.0 Å². The van der Waals surface area contributed by atoms with Crippen molar-refractivity contribution in [3.8, 4) is 11.3 Å². The van der Waals surface area contributed by atoms with Crippen LogP contribution in [0.3, 0.4) is 0 Å². The van der Waals surface area contributed by atoms with Gasteiger partial charge in [-0.3, -0.25) is 4.98 Å². The second-order valence-electron chi connectivity index (χ2n) is 5.19. The van der Waals surface area contributed by atoms with Gasteiger partial charge in [-0.1, -0.05) is 35.3 Å². The number of nitrogen functional groups attached to an aromatic ring is 1. The van der Waals surface area contributed by atoms with Gasteiger partial charge < -0.3 is 16.4 Å². The van der Waals surface area contributed by atoms with Crippen LogP contribution in [-0.4, -0.2) is 28.0 Å².